The highest BCUT2D eigenvalue weighted by Crippen LogP contribution is 1.77. The summed E-state index contributed by atoms with van der Waals surface area (Å²) in [4.78, 5) is 77.6. The second kappa shape index (κ2) is 99.6. The van der Waals surface area contributed by atoms with Crippen molar-refractivity contribution in [1.82, 2.24) is 0 Å². The Hall–Kier alpha value is -2.64. The molecule has 0 radical (unpaired) electrons. The second-order valence-electron chi connectivity index (χ2n) is 6.32. The van der Waals surface area contributed by atoms with Gasteiger partial charge in [0.05, 0.1) is 0 Å². The van der Waals surface area contributed by atoms with Crippen molar-refractivity contribution in [3.05, 3.63) is 0 Å². The highest BCUT2D eigenvalue weighted by atomic mass is 16.1. The van der Waals surface area contributed by atoms with E-state index < -0.39 is 50.5 Å². The van der Waals surface area contributed by atoms with Crippen LogP contribution >= 0.6 is 0 Å². The monoisotopic (exact) mass is 589 g/mol. The van der Waals surface area contributed by atoms with Crippen molar-refractivity contribution in [2.24, 2.45) is 0 Å². The molecule has 0 saturated heterocycles. The summed E-state index contributed by atoms with van der Waals surface area (Å²) in [6, 6.07) is 0. The maximum atomic E-state index is 9.99. The first-order valence-corrected chi connectivity index (χ1v) is 13.4. The molecule has 0 saturated carbocycles. The molecule has 0 bridgehead atoms. The molecule has 240 valence electrons. The van der Waals surface area contributed by atoms with E-state index in [0.717, 1.165) is 38.3 Å². The minimum atomic E-state index is -1.93. The quantitative estimate of drug-likeness (QED) is 0.166. The number of carbonyl (C=O) groups is 8. The first-order valence-electron chi connectivity index (χ1n) is 19.4. The van der Waals surface area contributed by atoms with E-state index in [1.165, 1.54) is 13.8 Å². The largest absolute Gasteiger partial charge is 0.303 e. The Bertz CT molecular complexity index is 846. The van der Waals surface area contributed by atoms with Gasteiger partial charge in [-0.2, -0.15) is 0 Å². The lowest BCUT2D eigenvalue weighted by atomic mass is 10.4. The number of hydrogen-bond donors (Lipinski definition) is 0. The third-order valence-electron chi connectivity index (χ3n) is 2.59. The van der Waals surface area contributed by atoms with Crippen LogP contribution in [0, 0.1) is 0 Å². The molecular weight excluding hydrogens is 512 g/mol. The van der Waals surface area contributed by atoms with E-state index >= 15 is 0 Å². The highest BCUT2D eigenvalue weighted by molar-refractivity contribution is 5.50. The predicted molar refractivity (Wildman–Crippen MR) is 168 cm³/mol. The molecule has 0 aromatic heterocycles. The van der Waals surface area contributed by atoms with Gasteiger partial charge < -0.3 is 38.4 Å². The minimum Gasteiger partial charge on any atom is -0.303 e. The van der Waals surface area contributed by atoms with Crippen LogP contribution in [0.3, 0.4) is 0 Å². The van der Waals surface area contributed by atoms with Crippen molar-refractivity contribution in [1.29, 1.82) is 0 Å². The number of unbranched alkanes of at least 4 members (excludes halogenated alkanes) is 2. The molecule has 0 aliphatic rings. The zero-order valence-electron chi connectivity index (χ0n) is 38.1. The van der Waals surface area contributed by atoms with E-state index in [2.05, 4.69) is 0 Å². The van der Waals surface area contributed by atoms with Crippen LogP contribution in [0.25, 0.3) is 0 Å². The molecule has 8 nitrogen and oxygen atoms in total. The molecule has 0 aromatic carbocycles. The van der Waals surface area contributed by atoms with E-state index in [4.69, 9.17) is 16.4 Å². The molecule has 0 aromatic rings. The topological polar surface area (TPSA) is 137 Å². The van der Waals surface area contributed by atoms with Crippen molar-refractivity contribution < 1.29 is 54.8 Å². The summed E-state index contributed by atoms with van der Waals surface area (Å²) in [5.41, 5.74) is 0. The molecule has 0 atom stereocenters. The third-order valence-corrected chi connectivity index (χ3v) is 2.59. The van der Waals surface area contributed by atoms with Crippen LogP contribution in [-0.2, 0) is 38.4 Å². The maximum absolute atomic E-state index is 9.99. The third kappa shape index (κ3) is 234. The SMILES string of the molecule is CCCC=O.CCCC=O.[2H]C(=O)C([2H])([2H])CC.[2H]C(=O)C([2H])([2H])CC.[2H]C(=O)CCC.[2H]C(=O)CCC.[2H]C([2H])(C=O)CC.[2H]C([2H])(C=O)CC. The maximum Gasteiger partial charge on any atom is 0.119 e. The number of aldehydes is 8. The lowest BCUT2D eigenvalue weighted by Gasteiger charge is -1.68. The summed E-state index contributed by atoms with van der Waals surface area (Å²) in [6.45, 7) is 14.1. The molecule has 0 unspecified atom stereocenters. The molecule has 0 aliphatic carbocycles. The molecule has 0 heterocycles. The van der Waals surface area contributed by atoms with E-state index in [-0.39, 0.29) is 25.7 Å². The van der Waals surface area contributed by atoms with Gasteiger partial charge in [-0.25, -0.2) is 0 Å². The van der Waals surface area contributed by atoms with Crippen LogP contribution in [-0.4, -0.2) is 50.2 Å². The molecule has 0 rings (SSSR count). The van der Waals surface area contributed by atoms with E-state index in [1.807, 2.05) is 27.7 Å². The summed E-state index contributed by atoms with van der Waals surface area (Å²) in [6.07, 6.45) is -1.30. The fraction of sp³-hybridized carbons (Fsp3) is 0.750. The second-order valence-corrected chi connectivity index (χ2v) is 6.32. The van der Waals surface area contributed by atoms with Gasteiger partial charge >= 0.3 is 0 Å². The number of hydrogen-bond acceptors (Lipinski definition) is 8. The summed E-state index contributed by atoms with van der Waals surface area (Å²) in [5, 5.41) is 0. The van der Waals surface area contributed by atoms with Gasteiger partial charge in [-0.05, 0) is 51.4 Å². The molecular formula is C32H64O8. The van der Waals surface area contributed by atoms with Crippen molar-refractivity contribution in [2.75, 3.05) is 0 Å². The lowest BCUT2D eigenvalue weighted by Crippen LogP contribution is -1.64. The first kappa shape index (κ1) is 28.9. The standard InChI is InChI=1S/8C4H8O/c8*1-2-3-4-5/h8*4H,2-3H2,1H3/i2*3D2,4D;2*4D;2*3D2;;. The Morgan fingerprint density at radius 3 is 0.600 bits per heavy atom. The Labute approximate surface area is 263 Å². The first-order chi connectivity index (χ1) is 23.6. The van der Waals surface area contributed by atoms with Crippen molar-refractivity contribution in [2.45, 2.75) is 158 Å². The Kier molecular flexibility index (Phi) is 71.9. The zero-order chi connectivity index (χ0) is 43.6. The smallest absolute Gasteiger partial charge is 0.119 e. The van der Waals surface area contributed by atoms with Crippen LogP contribution in [0.1, 0.15) is 174 Å². The predicted octanol–water partition coefficient (Wildman–Crippen LogP) is 7.88. The van der Waals surface area contributed by atoms with Crippen molar-refractivity contribution >= 4 is 50.2 Å². The molecule has 0 N–H and O–H groups in total. The van der Waals surface area contributed by atoms with E-state index in [9.17, 15) is 38.4 Å². The summed E-state index contributed by atoms with van der Waals surface area (Å²) < 4.78 is 79.3. The van der Waals surface area contributed by atoms with Gasteiger partial charge in [0.1, 0.15) is 55.7 Å². The van der Waals surface area contributed by atoms with Gasteiger partial charge in [0.2, 0.25) is 0 Å². The Morgan fingerprint density at radius 1 is 0.350 bits per heavy atom. The number of rotatable bonds is 16. The Balaban J connectivity index is -0.0000000713. The zero-order valence-corrected chi connectivity index (χ0v) is 26.1. The fourth-order valence-corrected chi connectivity index (χ4v) is 0.751. The van der Waals surface area contributed by atoms with E-state index in [0.29, 0.717) is 38.3 Å². The van der Waals surface area contributed by atoms with Gasteiger partial charge in [0, 0.05) is 62.1 Å². The van der Waals surface area contributed by atoms with Crippen LogP contribution in [0.4, 0.5) is 0 Å². The normalized spacial score (nSPS) is 13.2. The number of carbonyl (C=O) groups excluding carboxylic acids is 8. The molecule has 0 spiro atoms. The molecule has 40 heavy (non-hydrogen) atoms. The van der Waals surface area contributed by atoms with Gasteiger partial charge in [0.15, 0.2) is 0 Å². The highest BCUT2D eigenvalue weighted by Gasteiger charge is 1.69. The van der Waals surface area contributed by atoms with Gasteiger partial charge in [-0.3, -0.25) is 0 Å². The van der Waals surface area contributed by atoms with Gasteiger partial charge in [-0.1, -0.05) is 55.4 Å². The van der Waals surface area contributed by atoms with Crippen LogP contribution in [0.15, 0.2) is 0 Å². The molecule has 0 aliphatic heterocycles. The van der Waals surface area contributed by atoms with Crippen LogP contribution in [0.5, 0.6) is 0 Å². The van der Waals surface area contributed by atoms with Crippen molar-refractivity contribution in [3.63, 3.8) is 0 Å². The fourth-order valence-electron chi connectivity index (χ4n) is 0.751. The molecule has 0 amide bonds. The lowest BCUT2D eigenvalue weighted by molar-refractivity contribution is -0.108. The van der Waals surface area contributed by atoms with E-state index in [1.54, 1.807) is 13.8 Å². The average molecular weight is 589 g/mol. The van der Waals surface area contributed by atoms with Gasteiger partial charge in [0.25, 0.3) is 0 Å². The van der Waals surface area contributed by atoms with Gasteiger partial charge in [-0.15, -0.1) is 0 Å². The van der Waals surface area contributed by atoms with Crippen LogP contribution in [0.2, 0.25) is 0 Å². The summed E-state index contributed by atoms with van der Waals surface area (Å²) >= 11 is 0. The molecule has 0 fully saturated rings. The summed E-state index contributed by atoms with van der Waals surface area (Å²) in [7, 11) is 0. The summed E-state index contributed by atoms with van der Waals surface area (Å²) in [5.74, 6) is 0. The Morgan fingerprint density at radius 2 is 0.600 bits per heavy atom. The molecule has 8 heteroatoms. The van der Waals surface area contributed by atoms with Crippen LogP contribution < -0.4 is 0 Å². The van der Waals surface area contributed by atoms with Crippen molar-refractivity contribution in [3.8, 4) is 0 Å². The average Bonchev–Trinajstić information content (AvgIpc) is 3.07. The minimum absolute atomic E-state index is 0.0787.